The number of H-pyrrole nitrogens is 1. The normalized spacial score (nSPS) is 15.5. The number of aromatic nitrogens is 3. The van der Waals surface area contributed by atoms with E-state index in [4.69, 9.17) is 4.98 Å². The molecule has 1 N–H and O–H groups in total. The smallest absolute Gasteiger partial charge is 0.291 e. The zero-order chi connectivity index (χ0) is 17.2. The average Bonchev–Trinajstić information content (AvgIpc) is 2.88. The largest absolute Gasteiger partial charge is 0.294 e. The lowest BCUT2D eigenvalue weighted by Crippen LogP contribution is -2.38. The van der Waals surface area contributed by atoms with E-state index in [1.807, 2.05) is 18.3 Å². The summed E-state index contributed by atoms with van der Waals surface area (Å²) in [6.07, 6.45) is 7.94. The molecule has 3 heterocycles. The van der Waals surface area contributed by atoms with Gasteiger partial charge in [-0.05, 0) is 30.5 Å². The lowest BCUT2D eigenvalue weighted by atomic mass is 10.1. The number of halogens is 1. The van der Waals surface area contributed by atoms with Crippen molar-refractivity contribution in [3.05, 3.63) is 48.0 Å². The van der Waals surface area contributed by atoms with Crippen molar-refractivity contribution in [2.45, 2.75) is 39.0 Å². The van der Waals surface area contributed by atoms with Gasteiger partial charge in [0.15, 0.2) is 0 Å². The van der Waals surface area contributed by atoms with E-state index in [0.29, 0.717) is 0 Å². The summed E-state index contributed by atoms with van der Waals surface area (Å²) < 4.78 is 15.3. The Morgan fingerprint density at radius 2 is 1.84 bits per heavy atom. The van der Waals surface area contributed by atoms with Gasteiger partial charge in [-0.15, -0.1) is 9.50 Å². The SMILES string of the molecule is CCc1cc(N2CCCCCC2)[n+]2[nH]cc(-c3ccc(F)cc3)c2n1. The molecule has 4 rings (SSSR count). The summed E-state index contributed by atoms with van der Waals surface area (Å²) in [7, 11) is 0. The summed E-state index contributed by atoms with van der Waals surface area (Å²) in [6, 6.07) is 8.81. The Morgan fingerprint density at radius 1 is 1.12 bits per heavy atom. The Bertz CT molecular complexity index is 861. The average molecular weight is 339 g/mol. The molecule has 5 heteroatoms. The molecule has 3 aromatic rings. The number of nitrogens with zero attached hydrogens (tertiary/aromatic N) is 3. The molecule has 1 aliphatic rings. The number of hydrogen-bond acceptors (Lipinski definition) is 2. The number of hydrogen-bond donors (Lipinski definition) is 1. The van der Waals surface area contributed by atoms with Crippen molar-refractivity contribution in [1.82, 2.24) is 10.1 Å². The van der Waals surface area contributed by atoms with E-state index in [0.717, 1.165) is 42.0 Å². The van der Waals surface area contributed by atoms with Crippen LogP contribution in [0.5, 0.6) is 0 Å². The standard InChI is InChI=1S/C20H23FN4/c1-2-17-13-19(24-11-5-3-4-6-12-24)25-20(23-17)18(14-22-25)15-7-9-16(21)10-8-15/h7-10,13-14H,2-6,11-12H2,1H3/p+1. The fourth-order valence-electron chi connectivity index (χ4n) is 3.60. The second-order valence-electron chi connectivity index (χ2n) is 6.71. The molecule has 0 amide bonds. The van der Waals surface area contributed by atoms with Crippen molar-refractivity contribution >= 4 is 11.5 Å². The number of aromatic amines is 1. The molecule has 4 nitrogen and oxygen atoms in total. The monoisotopic (exact) mass is 339 g/mol. The van der Waals surface area contributed by atoms with Gasteiger partial charge in [-0.1, -0.05) is 31.9 Å². The van der Waals surface area contributed by atoms with Gasteiger partial charge in [-0.2, -0.15) is 0 Å². The topological polar surface area (TPSA) is 36.0 Å². The molecule has 130 valence electrons. The van der Waals surface area contributed by atoms with Crippen molar-refractivity contribution in [2.75, 3.05) is 18.0 Å². The van der Waals surface area contributed by atoms with E-state index in [-0.39, 0.29) is 5.82 Å². The van der Waals surface area contributed by atoms with Crippen molar-refractivity contribution in [3.63, 3.8) is 0 Å². The van der Waals surface area contributed by atoms with Crippen LogP contribution in [0.4, 0.5) is 10.2 Å². The molecule has 1 aliphatic heterocycles. The number of benzene rings is 1. The number of anilines is 1. The maximum absolute atomic E-state index is 13.3. The Labute approximate surface area is 147 Å². The quantitative estimate of drug-likeness (QED) is 0.735. The molecule has 1 fully saturated rings. The summed E-state index contributed by atoms with van der Waals surface area (Å²) >= 11 is 0. The summed E-state index contributed by atoms with van der Waals surface area (Å²) in [6.45, 7) is 4.30. The van der Waals surface area contributed by atoms with Crippen LogP contribution < -0.4 is 9.42 Å². The molecule has 0 unspecified atom stereocenters. The summed E-state index contributed by atoms with van der Waals surface area (Å²) in [4.78, 5) is 7.31. The molecular formula is C20H24FN4+. The summed E-state index contributed by atoms with van der Waals surface area (Å²) in [5.74, 6) is 0.959. The first-order valence-electron chi connectivity index (χ1n) is 9.20. The molecule has 0 spiro atoms. The highest BCUT2D eigenvalue weighted by Gasteiger charge is 2.24. The van der Waals surface area contributed by atoms with E-state index in [9.17, 15) is 4.39 Å². The fourth-order valence-corrected chi connectivity index (χ4v) is 3.60. The van der Waals surface area contributed by atoms with Gasteiger partial charge in [0, 0.05) is 12.6 Å². The van der Waals surface area contributed by atoms with Crippen LogP contribution in [0.25, 0.3) is 16.8 Å². The van der Waals surface area contributed by atoms with Crippen LogP contribution in [0, 0.1) is 5.82 Å². The number of rotatable bonds is 3. The Kier molecular flexibility index (Phi) is 4.38. The zero-order valence-corrected chi connectivity index (χ0v) is 14.6. The molecule has 0 bridgehead atoms. The highest BCUT2D eigenvalue weighted by molar-refractivity contribution is 5.74. The minimum Gasteiger partial charge on any atom is -0.291 e. The van der Waals surface area contributed by atoms with Gasteiger partial charge in [0.25, 0.3) is 5.65 Å². The van der Waals surface area contributed by atoms with E-state index in [2.05, 4.69) is 27.5 Å². The van der Waals surface area contributed by atoms with Crippen molar-refractivity contribution < 1.29 is 8.91 Å². The van der Waals surface area contributed by atoms with E-state index in [1.54, 1.807) is 0 Å². The Hall–Kier alpha value is -2.43. The summed E-state index contributed by atoms with van der Waals surface area (Å²) in [5, 5.41) is 3.36. The Balaban J connectivity index is 1.85. The van der Waals surface area contributed by atoms with Crippen LogP contribution in [0.3, 0.4) is 0 Å². The highest BCUT2D eigenvalue weighted by Crippen LogP contribution is 2.24. The van der Waals surface area contributed by atoms with Gasteiger partial charge in [0.1, 0.15) is 11.5 Å². The van der Waals surface area contributed by atoms with Gasteiger partial charge in [0.05, 0.1) is 24.7 Å². The zero-order valence-electron chi connectivity index (χ0n) is 14.6. The third kappa shape index (κ3) is 3.11. The van der Waals surface area contributed by atoms with Crippen LogP contribution in [0.2, 0.25) is 0 Å². The highest BCUT2D eigenvalue weighted by atomic mass is 19.1. The molecule has 0 saturated carbocycles. The first-order valence-corrected chi connectivity index (χ1v) is 9.20. The van der Waals surface area contributed by atoms with Crippen LogP contribution >= 0.6 is 0 Å². The fraction of sp³-hybridized carbons (Fsp3) is 0.400. The third-order valence-corrected chi connectivity index (χ3v) is 5.01. The van der Waals surface area contributed by atoms with Crippen LogP contribution in [0.15, 0.2) is 36.5 Å². The predicted octanol–water partition coefficient (Wildman–Crippen LogP) is 3.90. The first-order chi connectivity index (χ1) is 12.3. The number of fused-ring (bicyclic) bond motifs is 1. The molecule has 1 saturated heterocycles. The van der Waals surface area contributed by atoms with E-state index >= 15 is 0 Å². The summed E-state index contributed by atoms with van der Waals surface area (Å²) in [5.41, 5.74) is 3.97. The van der Waals surface area contributed by atoms with Gasteiger partial charge < -0.3 is 0 Å². The van der Waals surface area contributed by atoms with Crippen molar-refractivity contribution in [3.8, 4) is 11.1 Å². The Morgan fingerprint density at radius 3 is 2.52 bits per heavy atom. The number of nitrogens with one attached hydrogen (secondary N) is 1. The third-order valence-electron chi connectivity index (χ3n) is 5.01. The lowest BCUT2D eigenvalue weighted by molar-refractivity contribution is -0.566. The van der Waals surface area contributed by atoms with Crippen LogP contribution in [0.1, 0.15) is 38.3 Å². The molecule has 0 aliphatic carbocycles. The molecule has 25 heavy (non-hydrogen) atoms. The predicted molar refractivity (Wildman–Crippen MR) is 97.2 cm³/mol. The second kappa shape index (κ2) is 6.82. The maximum atomic E-state index is 13.3. The number of aryl methyl sites for hydroxylation is 1. The van der Waals surface area contributed by atoms with Gasteiger partial charge in [-0.3, -0.25) is 10.00 Å². The molecule has 0 radical (unpaired) electrons. The molecule has 2 aromatic heterocycles. The molecule has 1 aromatic carbocycles. The van der Waals surface area contributed by atoms with Crippen molar-refractivity contribution in [2.24, 2.45) is 0 Å². The minimum absolute atomic E-state index is 0.219. The van der Waals surface area contributed by atoms with Gasteiger partial charge >= 0.3 is 0 Å². The lowest BCUT2D eigenvalue weighted by Gasteiger charge is -2.17. The minimum atomic E-state index is -0.219. The second-order valence-corrected chi connectivity index (χ2v) is 6.71. The first kappa shape index (κ1) is 16.1. The molecular weight excluding hydrogens is 315 g/mol. The van der Waals surface area contributed by atoms with Crippen LogP contribution in [-0.2, 0) is 6.42 Å². The van der Waals surface area contributed by atoms with Crippen molar-refractivity contribution in [1.29, 1.82) is 0 Å². The van der Waals surface area contributed by atoms with E-state index < -0.39 is 0 Å². The maximum Gasteiger partial charge on any atom is 0.294 e. The van der Waals surface area contributed by atoms with Crippen LogP contribution in [-0.4, -0.2) is 23.2 Å². The van der Waals surface area contributed by atoms with Gasteiger partial charge in [0.2, 0.25) is 5.82 Å². The molecule has 0 atom stereocenters. The van der Waals surface area contributed by atoms with Gasteiger partial charge in [-0.25, -0.2) is 4.39 Å². The van der Waals surface area contributed by atoms with E-state index in [1.165, 1.54) is 43.6 Å².